The number of rotatable bonds is 3. The fraction of sp³-hybridized carbons (Fsp3) is 0.400. The van der Waals surface area contributed by atoms with Gasteiger partial charge in [0.25, 0.3) is 0 Å². The Hall–Kier alpha value is -2.44. The molecule has 2 aromatic rings. The molecule has 142 valence electrons. The van der Waals surface area contributed by atoms with Gasteiger partial charge in [-0.05, 0) is 50.4 Å². The van der Waals surface area contributed by atoms with Crippen LogP contribution >= 0.6 is 0 Å². The second-order valence-corrected chi connectivity index (χ2v) is 7.36. The van der Waals surface area contributed by atoms with Crippen molar-refractivity contribution < 1.29 is 17.5 Å². The summed E-state index contributed by atoms with van der Waals surface area (Å²) in [4.78, 5) is 4.33. The molecule has 4 rings (SSSR count). The molecular weight excluding hydrogens is 347 g/mol. The molecule has 0 unspecified atom stereocenters. The third-order valence-corrected chi connectivity index (χ3v) is 6.18. The molecule has 0 amide bonds. The Morgan fingerprint density at radius 1 is 1.15 bits per heavy atom. The van der Waals surface area contributed by atoms with Crippen molar-refractivity contribution in [2.75, 3.05) is 0 Å². The minimum absolute atomic E-state index is 0.569. The molecule has 0 aromatic carbocycles. The van der Waals surface area contributed by atoms with E-state index < -0.39 is 6.97 Å². The van der Waals surface area contributed by atoms with E-state index >= 15 is 8.63 Å². The topological polar surface area (TPSA) is 34.0 Å². The fourth-order valence-electron chi connectivity index (χ4n) is 5.06. The quantitative estimate of drug-likeness (QED) is 0.722. The number of allylic oxidation sites excluding steroid dienone is 2. The molecule has 2 aromatic heterocycles. The maximum atomic E-state index is 15.9. The van der Waals surface area contributed by atoms with Crippen molar-refractivity contribution in [2.45, 2.75) is 54.4 Å². The highest BCUT2D eigenvalue weighted by Gasteiger charge is 2.57. The normalized spacial score (nSPS) is 18.5. The van der Waals surface area contributed by atoms with E-state index in [-0.39, 0.29) is 0 Å². The first-order valence-corrected chi connectivity index (χ1v) is 9.46. The molecule has 0 saturated heterocycles. The highest BCUT2D eigenvalue weighted by atomic mass is 19.2. The first-order chi connectivity index (χ1) is 12.8. The van der Waals surface area contributed by atoms with Gasteiger partial charge in [-0.25, -0.2) is 4.98 Å². The van der Waals surface area contributed by atoms with Crippen LogP contribution in [0.4, 0.5) is 8.63 Å². The number of hydrogen-bond acceptors (Lipinski definition) is 2. The molecule has 27 heavy (non-hydrogen) atoms. The molecule has 2 aliphatic rings. The van der Waals surface area contributed by atoms with Gasteiger partial charge >= 0.3 is 6.97 Å². The van der Waals surface area contributed by atoms with Gasteiger partial charge < -0.3 is 22.0 Å². The smallest absolute Gasteiger partial charge is 0.451 e. The lowest BCUT2D eigenvalue weighted by atomic mass is 9.85. The van der Waals surface area contributed by atoms with Crippen molar-refractivity contribution in [1.29, 1.82) is 0 Å². The van der Waals surface area contributed by atoms with Crippen LogP contribution < -0.4 is 0 Å². The van der Waals surface area contributed by atoms with Gasteiger partial charge in [-0.3, -0.25) is 0 Å². The van der Waals surface area contributed by atoms with Crippen molar-refractivity contribution in [2.24, 2.45) is 0 Å². The molecule has 0 N–H and O–H groups in total. The molecule has 0 spiro atoms. The van der Waals surface area contributed by atoms with Gasteiger partial charge in [0.2, 0.25) is 0 Å². The van der Waals surface area contributed by atoms with E-state index in [9.17, 15) is 0 Å². The number of nitrogens with zero attached hydrogens (tertiary/aromatic N) is 3. The summed E-state index contributed by atoms with van der Waals surface area (Å²) in [7, 11) is 0. The summed E-state index contributed by atoms with van der Waals surface area (Å²) in [6.07, 6.45) is 4.32. The summed E-state index contributed by atoms with van der Waals surface area (Å²) in [5.74, 6) is 0. The van der Waals surface area contributed by atoms with Gasteiger partial charge in [-0.15, -0.1) is 0 Å². The van der Waals surface area contributed by atoms with Crippen LogP contribution in [0.1, 0.15) is 62.3 Å². The minimum Gasteiger partial charge on any atom is -0.451 e. The molecule has 0 atom stereocenters. The third kappa shape index (κ3) is 2.08. The lowest BCUT2D eigenvalue weighted by Gasteiger charge is -2.33. The van der Waals surface area contributed by atoms with E-state index in [4.69, 9.17) is 4.42 Å². The Labute approximate surface area is 158 Å². The average molecular weight is 371 g/mol. The van der Waals surface area contributed by atoms with E-state index in [0.717, 1.165) is 27.8 Å². The van der Waals surface area contributed by atoms with Crippen LogP contribution in [0.2, 0.25) is 0 Å². The van der Waals surface area contributed by atoms with Crippen LogP contribution in [0.3, 0.4) is 0 Å². The SMILES string of the molecule is CCC1=C(C)C2=C(c3cocn3)c3c(C)c(CC)c(C)n3[B-](F)(F)[N+]2=C1C. The maximum absolute atomic E-state index is 15.9. The van der Waals surface area contributed by atoms with E-state index in [1.807, 2.05) is 27.7 Å². The number of hydrogen-bond donors (Lipinski definition) is 0. The first kappa shape index (κ1) is 18.0. The summed E-state index contributed by atoms with van der Waals surface area (Å²) in [6, 6.07) is 0. The standard InChI is InChI=1S/C20H24BF2N3O/c1-7-15-11(3)19-18(17-9-27-10-24-17)20-12(4)16(8-2)14(6)26(20)21(22,23)25(19)13(15)5/h9-10H,7-8H2,1-6H3. The van der Waals surface area contributed by atoms with Crippen LogP contribution in [0, 0.1) is 13.8 Å². The highest BCUT2D eigenvalue weighted by molar-refractivity contribution is 6.58. The lowest BCUT2D eigenvalue weighted by Crippen LogP contribution is -2.51. The summed E-state index contributed by atoms with van der Waals surface area (Å²) < 4.78 is 39.6. The number of oxazole rings is 1. The summed E-state index contributed by atoms with van der Waals surface area (Å²) in [5, 5.41) is 0. The number of fused-ring (bicyclic) bond motifs is 2. The fourth-order valence-corrected chi connectivity index (χ4v) is 5.06. The zero-order valence-corrected chi connectivity index (χ0v) is 16.7. The van der Waals surface area contributed by atoms with E-state index in [0.29, 0.717) is 41.3 Å². The monoisotopic (exact) mass is 371 g/mol. The number of aromatic nitrogens is 2. The third-order valence-electron chi connectivity index (χ3n) is 6.18. The minimum atomic E-state index is -3.99. The van der Waals surface area contributed by atoms with Gasteiger partial charge in [0.1, 0.15) is 17.7 Å². The van der Waals surface area contributed by atoms with Crippen molar-refractivity contribution in [3.05, 3.63) is 57.7 Å². The van der Waals surface area contributed by atoms with Crippen molar-refractivity contribution in [1.82, 2.24) is 9.46 Å². The summed E-state index contributed by atoms with van der Waals surface area (Å²) in [6.45, 7) is 7.49. The summed E-state index contributed by atoms with van der Waals surface area (Å²) in [5.41, 5.74) is 7.48. The molecule has 0 radical (unpaired) electrons. The molecule has 7 heteroatoms. The molecular formula is C20H24BF2N3O. The summed E-state index contributed by atoms with van der Waals surface area (Å²) >= 11 is 0. The van der Waals surface area contributed by atoms with Gasteiger partial charge in [0, 0.05) is 23.8 Å². The van der Waals surface area contributed by atoms with Crippen molar-refractivity contribution in [3.8, 4) is 0 Å². The van der Waals surface area contributed by atoms with Gasteiger partial charge in [-0.2, -0.15) is 0 Å². The Morgan fingerprint density at radius 2 is 1.85 bits per heavy atom. The first-order valence-electron chi connectivity index (χ1n) is 9.46. The second kappa shape index (κ2) is 5.78. The van der Waals surface area contributed by atoms with Gasteiger partial charge in [0.15, 0.2) is 12.1 Å². The predicted molar refractivity (Wildman–Crippen MR) is 103 cm³/mol. The lowest BCUT2D eigenvalue weighted by molar-refractivity contribution is -0.363. The molecule has 0 aliphatic carbocycles. The largest absolute Gasteiger partial charge is 0.737 e. The van der Waals surface area contributed by atoms with Crippen LogP contribution in [-0.2, 0) is 6.42 Å². The Kier molecular flexibility index (Phi) is 3.84. The molecule has 0 fully saturated rings. The zero-order valence-electron chi connectivity index (χ0n) is 16.7. The maximum Gasteiger partial charge on any atom is 0.737 e. The molecule has 2 aliphatic heterocycles. The van der Waals surface area contributed by atoms with Crippen molar-refractivity contribution in [3.63, 3.8) is 0 Å². The Bertz CT molecular complexity index is 1060. The van der Waals surface area contributed by atoms with Crippen LogP contribution in [0.5, 0.6) is 0 Å². The Morgan fingerprint density at radius 3 is 2.41 bits per heavy atom. The zero-order chi connectivity index (χ0) is 19.7. The predicted octanol–water partition coefficient (Wildman–Crippen LogP) is 4.86. The van der Waals surface area contributed by atoms with Crippen LogP contribution in [-0.4, -0.2) is 26.6 Å². The van der Waals surface area contributed by atoms with Gasteiger partial charge in [-0.1, -0.05) is 13.8 Å². The molecule has 0 bridgehead atoms. The number of halogens is 2. The Balaban J connectivity index is 2.23. The molecule has 0 saturated carbocycles. The highest BCUT2D eigenvalue weighted by Crippen LogP contribution is 2.46. The molecule has 4 heterocycles. The molecule has 4 nitrogen and oxygen atoms in total. The van der Waals surface area contributed by atoms with Crippen LogP contribution in [0.15, 0.2) is 33.9 Å². The average Bonchev–Trinajstić information content (AvgIpc) is 3.28. The van der Waals surface area contributed by atoms with E-state index in [1.54, 1.807) is 20.1 Å². The van der Waals surface area contributed by atoms with Gasteiger partial charge in [0.05, 0.1) is 5.57 Å². The van der Waals surface area contributed by atoms with Crippen molar-refractivity contribution >= 4 is 18.3 Å². The van der Waals surface area contributed by atoms with Crippen LogP contribution in [0.25, 0.3) is 5.57 Å². The van der Waals surface area contributed by atoms with E-state index in [1.165, 1.54) is 15.4 Å². The van der Waals surface area contributed by atoms with E-state index in [2.05, 4.69) is 4.98 Å². The second-order valence-electron chi connectivity index (χ2n) is 7.36.